The zero-order valence-electron chi connectivity index (χ0n) is 7.25. The van der Waals surface area contributed by atoms with Gasteiger partial charge in [-0.3, -0.25) is 0 Å². The molecule has 70 valence electrons. The number of halogens is 1. The van der Waals surface area contributed by atoms with E-state index in [2.05, 4.69) is 28.7 Å². The highest BCUT2D eigenvalue weighted by molar-refractivity contribution is 14.1. The van der Waals surface area contributed by atoms with Gasteiger partial charge in [0, 0.05) is 13.7 Å². The first-order valence-electron chi connectivity index (χ1n) is 4.05. The average molecular weight is 314 g/mol. The van der Waals surface area contributed by atoms with Gasteiger partial charge in [0.25, 0.3) is 0 Å². The predicted octanol–water partition coefficient (Wildman–Crippen LogP) is 3.15. The van der Waals surface area contributed by atoms with Crippen LogP contribution in [-0.2, 0) is 6.42 Å². The van der Waals surface area contributed by atoms with Gasteiger partial charge in [0.1, 0.15) is 0 Å². The monoisotopic (exact) mass is 314 g/mol. The van der Waals surface area contributed by atoms with E-state index in [1.165, 1.54) is 8.96 Å². The summed E-state index contributed by atoms with van der Waals surface area (Å²) in [4.78, 5) is 0. The molecular formula is C10H7IN2S. The zero-order chi connectivity index (χ0) is 10.1. The van der Waals surface area contributed by atoms with E-state index in [4.69, 9.17) is 11.0 Å². The van der Waals surface area contributed by atoms with Crippen LogP contribution in [-0.4, -0.2) is 0 Å². The van der Waals surface area contributed by atoms with Crippen LogP contribution in [0.25, 0.3) is 10.1 Å². The van der Waals surface area contributed by atoms with Crippen LogP contribution in [0.15, 0.2) is 18.2 Å². The molecule has 0 aliphatic carbocycles. The lowest BCUT2D eigenvalue weighted by Gasteiger charge is -1.98. The largest absolute Gasteiger partial charge is 0.391 e. The molecule has 14 heavy (non-hydrogen) atoms. The smallest absolute Gasteiger partial charge is 0.0869 e. The van der Waals surface area contributed by atoms with Gasteiger partial charge in [-0.15, -0.1) is 11.3 Å². The number of nitrogens with two attached hydrogens (primary N) is 1. The quantitative estimate of drug-likeness (QED) is 0.822. The predicted molar refractivity (Wildman–Crippen MR) is 68.3 cm³/mol. The Morgan fingerprint density at radius 1 is 1.50 bits per heavy atom. The fraction of sp³-hybridized carbons (Fsp3) is 0.100. The number of hydrogen-bond acceptors (Lipinski definition) is 3. The average Bonchev–Trinajstić information content (AvgIpc) is 2.53. The second-order valence-electron chi connectivity index (χ2n) is 2.93. The second-order valence-corrected chi connectivity index (χ2v) is 5.18. The topological polar surface area (TPSA) is 49.8 Å². The first-order chi connectivity index (χ1) is 6.72. The molecule has 1 aromatic carbocycles. The highest BCUT2D eigenvalue weighted by Gasteiger charge is 2.07. The van der Waals surface area contributed by atoms with Gasteiger partial charge in [0.05, 0.1) is 17.5 Å². The summed E-state index contributed by atoms with van der Waals surface area (Å²) in [6, 6.07) is 8.18. The molecule has 2 rings (SSSR count). The normalized spacial score (nSPS) is 10.3. The third-order valence-electron chi connectivity index (χ3n) is 2.00. The molecule has 1 heterocycles. The Morgan fingerprint density at radius 2 is 2.29 bits per heavy atom. The number of nitriles is 1. The molecule has 0 unspecified atom stereocenters. The summed E-state index contributed by atoms with van der Waals surface area (Å²) in [5.41, 5.74) is 6.83. The molecule has 2 aromatic rings. The van der Waals surface area contributed by atoms with Crippen molar-refractivity contribution in [3.63, 3.8) is 0 Å². The molecule has 2 N–H and O–H groups in total. The van der Waals surface area contributed by atoms with E-state index in [0.29, 0.717) is 6.42 Å². The van der Waals surface area contributed by atoms with Crippen molar-refractivity contribution in [3.8, 4) is 6.07 Å². The fourth-order valence-corrected chi connectivity index (χ4v) is 3.14. The second kappa shape index (κ2) is 3.75. The molecule has 0 amide bonds. The number of thiophene rings is 1. The van der Waals surface area contributed by atoms with Gasteiger partial charge in [-0.2, -0.15) is 5.26 Å². The fourth-order valence-electron chi connectivity index (χ4n) is 1.39. The van der Waals surface area contributed by atoms with Crippen molar-refractivity contribution in [3.05, 3.63) is 27.3 Å². The SMILES string of the molecule is N#CCc1ccc(I)c2cc(N)sc12. The number of fused-ring (bicyclic) bond motifs is 1. The Kier molecular flexibility index (Phi) is 2.61. The van der Waals surface area contributed by atoms with Gasteiger partial charge >= 0.3 is 0 Å². The summed E-state index contributed by atoms with van der Waals surface area (Å²) >= 11 is 3.84. The summed E-state index contributed by atoms with van der Waals surface area (Å²) in [7, 11) is 0. The lowest BCUT2D eigenvalue weighted by molar-refractivity contribution is 1.29. The van der Waals surface area contributed by atoms with Gasteiger partial charge in [-0.25, -0.2) is 0 Å². The van der Waals surface area contributed by atoms with Gasteiger partial charge < -0.3 is 5.73 Å². The Balaban J connectivity index is 2.75. The molecule has 0 bridgehead atoms. The number of hydrogen-bond donors (Lipinski definition) is 1. The van der Waals surface area contributed by atoms with Crippen molar-refractivity contribution in [2.45, 2.75) is 6.42 Å². The van der Waals surface area contributed by atoms with Crippen LogP contribution < -0.4 is 5.73 Å². The Bertz CT molecular complexity index is 525. The van der Waals surface area contributed by atoms with Crippen molar-refractivity contribution in [2.24, 2.45) is 0 Å². The number of rotatable bonds is 1. The molecule has 0 saturated carbocycles. The van der Waals surface area contributed by atoms with E-state index in [-0.39, 0.29) is 0 Å². The van der Waals surface area contributed by atoms with Gasteiger partial charge in [-0.05, 0) is 40.3 Å². The van der Waals surface area contributed by atoms with Crippen molar-refractivity contribution in [1.82, 2.24) is 0 Å². The van der Waals surface area contributed by atoms with Crippen molar-refractivity contribution >= 4 is 49.0 Å². The van der Waals surface area contributed by atoms with Crippen LogP contribution in [0.5, 0.6) is 0 Å². The molecule has 0 radical (unpaired) electrons. The first-order valence-corrected chi connectivity index (χ1v) is 5.95. The lowest BCUT2D eigenvalue weighted by Crippen LogP contribution is -1.82. The number of benzene rings is 1. The summed E-state index contributed by atoms with van der Waals surface area (Å²) in [6.45, 7) is 0. The van der Waals surface area contributed by atoms with Crippen LogP contribution in [0.3, 0.4) is 0 Å². The number of nitrogens with zero attached hydrogens (tertiary/aromatic N) is 1. The summed E-state index contributed by atoms with van der Waals surface area (Å²) in [6.07, 6.45) is 0.452. The first kappa shape index (κ1) is 9.74. The summed E-state index contributed by atoms with van der Waals surface area (Å²) in [5.74, 6) is 0. The van der Waals surface area contributed by atoms with Crippen LogP contribution in [0, 0.1) is 14.9 Å². The van der Waals surface area contributed by atoms with Crippen molar-refractivity contribution < 1.29 is 0 Å². The van der Waals surface area contributed by atoms with Crippen LogP contribution in [0.1, 0.15) is 5.56 Å². The van der Waals surface area contributed by atoms with Crippen LogP contribution in [0.2, 0.25) is 0 Å². The minimum absolute atomic E-state index is 0.452. The molecule has 0 fully saturated rings. The maximum absolute atomic E-state index is 8.68. The highest BCUT2D eigenvalue weighted by Crippen LogP contribution is 2.33. The molecule has 0 saturated heterocycles. The van der Waals surface area contributed by atoms with Crippen molar-refractivity contribution in [1.29, 1.82) is 5.26 Å². The van der Waals surface area contributed by atoms with E-state index in [1.54, 1.807) is 11.3 Å². The lowest BCUT2D eigenvalue weighted by atomic mass is 10.1. The molecule has 4 heteroatoms. The molecule has 0 spiro atoms. The molecule has 1 aromatic heterocycles. The number of anilines is 1. The van der Waals surface area contributed by atoms with Crippen LogP contribution in [0.4, 0.5) is 5.00 Å². The molecule has 2 nitrogen and oxygen atoms in total. The molecule has 0 atom stereocenters. The Hall–Kier alpha value is -0.800. The van der Waals surface area contributed by atoms with E-state index < -0.39 is 0 Å². The van der Waals surface area contributed by atoms with Gasteiger partial charge in [0.2, 0.25) is 0 Å². The minimum Gasteiger partial charge on any atom is -0.391 e. The standard InChI is InChI=1S/C10H7IN2S/c11-8-2-1-6(3-4-12)10-7(8)5-9(13)14-10/h1-2,5H,3,13H2. The summed E-state index contributed by atoms with van der Waals surface area (Å²) in [5, 5.41) is 10.7. The third kappa shape index (κ3) is 1.57. The minimum atomic E-state index is 0.452. The van der Waals surface area contributed by atoms with E-state index in [1.807, 2.05) is 18.2 Å². The zero-order valence-corrected chi connectivity index (χ0v) is 10.2. The summed E-state index contributed by atoms with van der Waals surface area (Å²) < 4.78 is 2.34. The Morgan fingerprint density at radius 3 is 3.00 bits per heavy atom. The Labute approximate surface area is 99.5 Å². The maximum Gasteiger partial charge on any atom is 0.0869 e. The van der Waals surface area contributed by atoms with E-state index >= 15 is 0 Å². The van der Waals surface area contributed by atoms with Gasteiger partial charge in [0.15, 0.2) is 0 Å². The third-order valence-corrected chi connectivity index (χ3v) is 3.98. The molecule has 0 aliphatic rings. The van der Waals surface area contributed by atoms with Gasteiger partial charge in [-0.1, -0.05) is 6.07 Å². The highest BCUT2D eigenvalue weighted by atomic mass is 127. The van der Waals surface area contributed by atoms with E-state index in [0.717, 1.165) is 15.3 Å². The molecule has 0 aliphatic heterocycles. The van der Waals surface area contributed by atoms with Crippen LogP contribution >= 0.6 is 33.9 Å². The van der Waals surface area contributed by atoms with Crippen molar-refractivity contribution in [2.75, 3.05) is 5.73 Å². The number of nitrogen functional groups attached to an aromatic ring is 1. The molecular weight excluding hydrogens is 307 g/mol. The maximum atomic E-state index is 8.68. The van der Waals surface area contributed by atoms with E-state index in [9.17, 15) is 0 Å².